The average molecular weight is 292 g/mol. The first kappa shape index (κ1) is 16.0. The molecule has 0 aromatic carbocycles. The number of hydrogen-bond acceptors (Lipinski definition) is 3. The van der Waals surface area contributed by atoms with Gasteiger partial charge in [0.1, 0.15) is 0 Å². The van der Waals surface area contributed by atoms with Gasteiger partial charge in [-0.15, -0.1) is 0 Å². The molecule has 0 atom stereocenters. The maximum absolute atomic E-state index is 12.6. The molecule has 1 aliphatic heterocycles. The molecule has 0 spiro atoms. The quantitative estimate of drug-likeness (QED) is 0.874. The fourth-order valence-corrected chi connectivity index (χ4v) is 3.13. The summed E-state index contributed by atoms with van der Waals surface area (Å²) >= 11 is 0. The Morgan fingerprint density at radius 3 is 2.76 bits per heavy atom. The molecule has 0 aliphatic carbocycles. The molecule has 2 rings (SSSR count). The van der Waals surface area contributed by atoms with Crippen LogP contribution in [0.5, 0.6) is 0 Å². The molecule has 5 heteroatoms. The Morgan fingerprint density at radius 2 is 2.14 bits per heavy atom. The predicted molar refractivity (Wildman–Crippen MR) is 84.2 cm³/mol. The van der Waals surface area contributed by atoms with E-state index in [1.807, 2.05) is 16.5 Å². The molecule has 1 aliphatic rings. The van der Waals surface area contributed by atoms with E-state index in [0.29, 0.717) is 6.54 Å². The van der Waals surface area contributed by atoms with Crippen molar-refractivity contribution in [3.63, 3.8) is 0 Å². The number of rotatable bonds is 6. The summed E-state index contributed by atoms with van der Waals surface area (Å²) in [5.74, 6) is 0.939. The number of nitrogens with two attached hydrogens (primary N) is 1. The van der Waals surface area contributed by atoms with Crippen LogP contribution in [0.3, 0.4) is 0 Å². The average Bonchev–Trinajstić information content (AvgIpc) is 2.86. The lowest BCUT2D eigenvalue weighted by molar-refractivity contribution is 0.0685. The standard InChI is InChI=1S/C16H28N4O/c1-3-5-14-6-10-19(11-7-14)16(21)15-12-18-20(13(15)2)9-4-8-17/h12,14H,3-11,17H2,1-2H3. The normalized spacial score (nSPS) is 16.4. The molecule has 0 radical (unpaired) electrons. The first-order valence-corrected chi connectivity index (χ1v) is 8.19. The van der Waals surface area contributed by atoms with Gasteiger partial charge < -0.3 is 10.6 Å². The molecule has 1 fully saturated rings. The molecule has 118 valence electrons. The van der Waals surface area contributed by atoms with Gasteiger partial charge in [0.05, 0.1) is 11.8 Å². The summed E-state index contributed by atoms with van der Waals surface area (Å²) in [6, 6.07) is 0. The van der Waals surface area contributed by atoms with Gasteiger partial charge in [-0.3, -0.25) is 9.48 Å². The van der Waals surface area contributed by atoms with Crippen LogP contribution in [0.2, 0.25) is 0 Å². The zero-order chi connectivity index (χ0) is 15.2. The first-order valence-electron chi connectivity index (χ1n) is 8.19. The highest BCUT2D eigenvalue weighted by Crippen LogP contribution is 2.23. The minimum absolute atomic E-state index is 0.140. The summed E-state index contributed by atoms with van der Waals surface area (Å²) in [6.07, 6.45) is 7.41. The number of nitrogens with zero attached hydrogens (tertiary/aromatic N) is 3. The molecule has 0 saturated carbocycles. The van der Waals surface area contributed by atoms with Gasteiger partial charge in [0.15, 0.2) is 0 Å². The summed E-state index contributed by atoms with van der Waals surface area (Å²) < 4.78 is 1.89. The number of aromatic nitrogens is 2. The molecule has 1 aromatic rings. The van der Waals surface area contributed by atoms with Crippen LogP contribution >= 0.6 is 0 Å². The number of aryl methyl sites for hydroxylation is 1. The second-order valence-electron chi connectivity index (χ2n) is 6.03. The van der Waals surface area contributed by atoms with Crippen molar-refractivity contribution >= 4 is 5.91 Å². The lowest BCUT2D eigenvalue weighted by atomic mass is 9.92. The third kappa shape index (κ3) is 3.84. The van der Waals surface area contributed by atoms with Crippen LogP contribution in [0, 0.1) is 12.8 Å². The lowest BCUT2D eigenvalue weighted by Crippen LogP contribution is -2.38. The van der Waals surface area contributed by atoms with E-state index in [9.17, 15) is 4.79 Å². The van der Waals surface area contributed by atoms with Gasteiger partial charge in [-0.25, -0.2) is 0 Å². The van der Waals surface area contributed by atoms with Crippen molar-refractivity contribution in [2.45, 2.75) is 52.5 Å². The lowest BCUT2D eigenvalue weighted by Gasteiger charge is -2.31. The summed E-state index contributed by atoms with van der Waals surface area (Å²) in [5.41, 5.74) is 7.24. The summed E-state index contributed by atoms with van der Waals surface area (Å²) in [5, 5.41) is 4.33. The van der Waals surface area contributed by atoms with Gasteiger partial charge in [-0.2, -0.15) is 5.10 Å². The van der Waals surface area contributed by atoms with E-state index >= 15 is 0 Å². The fraction of sp³-hybridized carbons (Fsp3) is 0.750. The zero-order valence-electron chi connectivity index (χ0n) is 13.3. The maximum Gasteiger partial charge on any atom is 0.257 e. The van der Waals surface area contributed by atoms with Gasteiger partial charge in [0.2, 0.25) is 0 Å². The number of carbonyl (C=O) groups is 1. The number of amides is 1. The highest BCUT2D eigenvalue weighted by molar-refractivity contribution is 5.95. The molecule has 21 heavy (non-hydrogen) atoms. The Bertz CT molecular complexity index is 461. The number of piperidine rings is 1. The fourth-order valence-electron chi connectivity index (χ4n) is 3.13. The molecule has 0 unspecified atom stereocenters. The van der Waals surface area contributed by atoms with Gasteiger partial charge >= 0.3 is 0 Å². The van der Waals surface area contributed by atoms with Crippen molar-refractivity contribution in [3.05, 3.63) is 17.5 Å². The second-order valence-corrected chi connectivity index (χ2v) is 6.03. The molecule has 1 amide bonds. The van der Waals surface area contributed by atoms with E-state index < -0.39 is 0 Å². The number of likely N-dealkylation sites (tertiary alicyclic amines) is 1. The Morgan fingerprint density at radius 1 is 1.43 bits per heavy atom. The van der Waals surface area contributed by atoms with Crippen molar-refractivity contribution in [2.75, 3.05) is 19.6 Å². The molecule has 2 N–H and O–H groups in total. The third-order valence-electron chi connectivity index (χ3n) is 4.51. The molecule has 0 bridgehead atoms. The zero-order valence-corrected chi connectivity index (χ0v) is 13.3. The molecule has 5 nitrogen and oxygen atoms in total. The van der Waals surface area contributed by atoms with E-state index in [2.05, 4.69) is 12.0 Å². The van der Waals surface area contributed by atoms with Crippen LogP contribution in [-0.4, -0.2) is 40.2 Å². The van der Waals surface area contributed by atoms with E-state index in [-0.39, 0.29) is 5.91 Å². The van der Waals surface area contributed by atoms with Crippen LogP contribution in [0.25, 0.3) is 0 Å². The van der Waals surface area contributed by atoms with Crippen molar-refractivity contribution in [2.24, 2.45) is 11.7 Å². The largest absolute Gasteiger partial charge is 0.339 e. The number of hydrogen-bond donors (Lipinski definition) is 1. The molecule has 2 heterocycles. The van der Waals surface area contributed by atoms with E-state index in [1.54, 1.807) is 6.20 Å². The van der Waals surface area contributed by atoms with Gasteiger partial charge in [-0.1, -0.05) is 19.8 Å². The third-order valence-corrected chi connectivity index (χ3v) is 4.51. The molecule has 1 saturated heterocycles. The molecule has 1 aromatic heterocycles. The molecular weight excluding hydrogens is 264 g/mol. The highest BCUT2D eigenvalue weighted by atomic mass is 16.2. The topological polar surface area (TPSA) is 64.2 Å². The van der Waals surface area contributed by atoms with Gasteiger partial charge in [0, 0.05) is 25.3 Å². The Balaban J connectivity index is 1.96. The summed E-state index contributed by atoms with van der Waals surface area (Å²) in [4.78, 5) is 14.6. The van der Waals surface area contributed by atoms with Crippen LogP contribution < -0.4 is 5.73 Å². The summed E-state index contributed by atoms with van der Waals surface area (Å²) in [6.45, 7) is 7.41. The maximum atomic E-state index is 12.6. The van der Waals surface area contributed by atoms with Crippen LogP contribution in [0.15, 0.2) is 6.20 Å². The first-order chi connectivity index (χ1) is 10.2. The molecular formula is C16H28N4O. The van der Waals surface area contributed by atoms with Crippen LogP contribution in [0.4, 0.5) is 0 Å². The van der Waals surface area contributed by atoms with Crippen LogP contribution in [-0.2, 0) is 6.54 Å². The smallest absolute Gasteiger partial charge is 0.257 e. The van der Waals surface area contributed by atoms with Crippen molar-refractivity contribution < 1.29 is 4.79 Å². The highest BCUT2D eigenvalue weighted by Gasteiger charge is 2.25. The Hall–Kier alpha value is -1.36. The minimum Gasteiger partial charge on any atom is -0.339 e. The van der Waals surface area contributed by atoms with Crippen molar-refractivity contribution in [3.8, 4) is 0 Å². The van der Waals surface area contributed by atoms with Crippen LogP contribution in [0.1, 0.15) is 55.1 Å². The van der Waals surface area contributed by atoms with E-state index in [4.69, 9.17) is 5.73 Å². The second kappa shape index (κ2) is 7.59. The Labute approximate surface area is 127 Å². The minimum atomic E-state index is 0.140. The van der Waals surface area contributed by atoms with Gasteiger partial charge in [0.25, 0.3) is 5.91 Å². The SMILES string of the molecule is CCCC1CCN(C(=O)c2cnn(CCCN)c2C)CC1. The predicted octanol–water partition coefficient (Wildman–Crippen LogP) is 2.19. The Kier molecular flexibility index (Phi) is 5.79. The van der Waals surface area contributed by atoms with Crippen molar-refractivity contribution in [1.82, 2.24) is 14.7 Å². The number of carbonyl (C=O) groups excluding carboxylic acids is 1. The van der Waals surface area contributed by atoms with Gasteiger partial charge in [-0.05, 0) is 38.6 Å². The van der Waals surface area contributed by atoms with E-state index in [1.165, 1.54) is 12.8 Å². The summed E-state index contributed by atoms with van der Waals surface area (Å²) in [7, 11) is 0. The van der Waals surface area contributed by atoms with E-state index in [0.717, 1.165) is 56.1 Å². The van der Waals surface area contributed by atoms with Crippen molar-refractivity contribution in [1.29, 1.82) is 0 Å². The monoisotopic (exact) mass is 292 g/mol.